The predicted molar refractivity (Wildman–Crippen MR) is 69.7 cm³/mol. The number of aryl methyl sites for hydroxylation is 1. The minimum absolute atomic E-state index is 0.481. The molecule has 0 fully saturated rings. The standard InChI is InChI=1S/C14H23NO2/c1-14(2,17)8-6-11-4-3-5-12(10-11)13(16)7-9-15/h3-5,10,13,16-17H,6-9,15H2,1-2H3. The highest BCUT2D eigenvalue weighted by Crippen LogP contribution is 2.19. The molecule has 0 heterocycles. The Morgan fingerprint density at radius 1 is 1.35 bits per heavy atom. The number of benzene rings is 1. The zero-order valence-corrected chi connectivity index (χ0v) is 10.7. The van der Waals surface area contributed by atoms with E-state index in [9.17, 15) is 10.2 Å². The van der Waals surface area contributed by atoms with Gasteiger partial charge in [-0.2, -0.15) is 0 Å². The quantitative estimate of drug-likeness (QED) is 0.706. The first-order valence-corrected chi connectivity index (χ1v) is 6.12. The van der Waals surface area contributed by atoms with Gasteiger partial charge >= 0.3 is 0 Å². The lowest BCUT2D eigenvalue weighted by Crippen LogP contribution is -2.19. The lowest BCUT2D eigenvalue weighted by Gasteiger charge is -2.17. The van der Waals surface area contributed by atoms with E-state index in [2.05, 4.69) is 0 Å². The van der Waals surface area contributed by atoms with Crippen molar-refractivity contribution in [3.05, 3.63) is 35.4 Å². The van der Waals surface area contributed by atoms with Crippen LogP contribution in [0.5, 0.6) is 0 Å². The molecule has 17 heavy (non-hydrogen) atoms. The van der Waals surface area contributed by atoms with Crippen LogP contribution in [-0.2, 0) is 6.42 Å². The average Bonchev–Trinajstić information content (AvgIpc) is 2.26. The molecular weight excluding hydrogens is 214 g/mol. The third-order valence-corrected chi connectivity index (χ3v) is 2.80. The molecule has 0 spiro atoms. The molecule has 0 radical (unpaired) electrons. The molecule has 0 aliphatic carbocycles. The highest BCUT2D eigenvalue weighted by atomic mass is 16.3. The van der Waals surface area contributed by atoms with Crippen molar-refractivity contribution in [2.75, 3.05) is 6.54 Å². The van der Waals surface area contributed by atoms with Gasteiger partial charge in [-0.3, -0.25) is 0 Å². The molecule has 0 aliphatic heterocycles. The molecule has 0 amide bonds. The number of hydrogen-bond acceptors (Lipinski definition) is 3. The monoisotopic (exact) mass is 237 g/mol. The number of hydrogen-bond donors (Lipinski definition) is 3. The molecular formula is C14H23NO2. The summed E-state index contributed by atoms with van der Waals surface area (Å²) >= 11 is 0. The van der Waals surface area contributed by atoms with Crippen LogP contribution in [0.2, 0.25) is 0 Å². The van der Waals surface area contributed by atoms with Crippen LogP contribution in [0.25, 0.3) is 0 Å². The Morgan fingerprint density at radius 3 is 2.65 bits per heavy atom. The van der Waals surface area contributed by atoms with E-state index in [4.69, 9.17) is 5.73 Å². The fourth-order valence-corrected chi connectivity index (χ4v) is 1.73. The Hall–Kier alpha value is -0.900. The molecule has 0 bridgehead atoms. The summed E-state index contributed by atoms with van der Waals surface area (Å²) in [6.45, 7) is 4.09. The van der Waals surface area contributed by atoms with Gasteiger partial charge in [0.05, 0.1) is 11.7 Å². The van der Waals surface area contributed by atoms with Crippen molar-refractivity contribution in [1.29, 1.82) is 0 Å². The van der Waals surface area contributed by atoms with Crippen LogP contribution in [0.3, 0.4) is 0 Å². The van der Waals surface area contributed by atoms with Crippen molar-refractivity contribution >= 4 is 0 Å². The molecule has 0 saturated carbocycles. The van der Waals surface area contributed by atoms with Crippen molar-refractivity contribution < 1.29 is 10.2 Å². The van der Waals surface area contributed by atoms with E-state index < -0.39 is 11.7 Å². The molecule has 0 aromatic heterocycles. The third-order valence-electron chi connectivity index (χ3n) is 2.80. The van der Waals surface area contributed by atoms with Gasteiger partial charge in [-0.25, -0.2) is 0 Å². The zero-order valence-electron chi connectivity index (χ0n) is 10.7. The van der Waals surface area contributed by atoms with E-state index in [1.807, 2.05) is 24.3 Å². The van der Waals surface area contributed by atoms with Gasteiger partial charge in [0, 0.05) is 0 Å². The maximum Gasteiger partial charge on any atom is 0.0802 e. The van der Waals surface area contributed by atoms with E-state index in [1.165, 1.54) is 0 Å². The summed E-state index contributed by atoms with van der Waals surface area (Å²) in [4.78, 5) is 0. The molecule has 1 unspecified atom stereocenters. The maximum atomic E-state index is 9.84. The van der Waals surface area contributed by atoms with Crippen molar-refractivity contribution in [3.63, 3.8) is 0 Å². The second-order valence-corrected chi connectivity index (χ2v) is 5.15. The van der Waals surface area contributed by atoms with E-state index in [0.29, 0.717) is 19.4 Å². The van der Waals surface area contributed by atoms with Gasteiger partial charge in [0.15, 0.2) is 0 Å². The summed E-state index contributed by atoms with van der Waals surface area (Å²) in [5.74, 6) is 0. The van der Waals surface area contributed by atoms with Gasteiger partial charge in [0.25, 0.3) is 0 Å². The summed E-state index contributed by atoms with van der Waals surface area (Å²) in [6, 6.07) is 7.86. The summed E-state index contributed by atoms with van der Waals surface area (Å²) in [5.41, 5.74) is 6.83. The molecule has 3 heteroatoms. The van der Waals surface area contributed by atoms with Gasteiger partial charge < -0.3 is 15.9 Å². The van der Waals surface area contributed by atoms with Crippen LogP contribution >= 0.6 is 0 Å². The lowest BCUT2D eigenvalue weighted by molar-refractivity contribution is 0.0714. The van der Waals surface area contributed by atoms with Gasteiger partial charge in [-0.1, -0.05) is 24.3 Å². The number of nitrogens with two attached hydrogens (primary N) is 1. The minimum atomic E-state index is -0.647. The zero-order chi connectivity index (χ0) is 12.9. The van der Waals surface area contributed by atoms with E-state index >= 15 is 0 Å². The second kappa shape index (κ2) is 6.15. The van der Waals surface area contributed by atoms with Crippen molar-refractivity contribution in [1.82, 2.24) is 0 Å². The number of aliphatic hydroxyl groups excluding tert-OH is 1. The lowest BCUT2D eigenvalue weighted by atomic mass is 9.96. The van der Waals surface area contributed by atoms with Crippen LogP contribution in [0.15, 0.2) is 24.3 Å². The second-order valence-electron chi connectivity index (χ2n) is 5.15. The molecule has 1 aromatic rings. The van der Waals surface area contributed by atoms with Crippen LogP contribution in [-0.4, -0.2) is 22.4 Å². The van der Waals surface area contributed by atoms with E-state index in [1.54, 1.807) is 13.8 Å². The van der Waals surface area contributed by atoms with E-state index in [-0.39, 0.29) is 0 Å². The fourth-order valence-electron chi connectivity index (χ4n) is 1.73. The molecule has 4 N–H and O–H groups in total. The van der Waals surface area contributed by atoms with Crippen molar-refractivity contribution in [2.45, 2.75) is 44.8 Å². The normalized spacial score (nSPS) is 13.7. The molecule has 96 valence electrons. The Balaban J connectivity index is 2.66. The Bertz CT molecular complexity index is 344. The first kappa shape index (κ1) is 14.2. The van der Waals surface area contributed by atoms with Crippen LogP contribution in [0.1, 0.15) is 43.9 Å². The van der Waals surface area contributed by atoms with Crippen LogP contribution < -0.4 is 5.73 Å². The van der Waals surface area contributed by atoms with Crippen molar-refractivity contribution in [3.8, 4) is 0 Å². The minimum Gasteiger partial charge on any atom is -0.390 e. The highest BCUT2D eigenvalue weighted by Gasteiger charge is 2.13. The van der Waals surface area contributed by atoms with Crippen molar-refractivity contribution in [2.24, 2.45) is 5.73 Å². The third kappa shape index (κ3) is 5.31. The predicted octanol–water partition coefficient (Wildman–Crippen LogP) is 1.77. The molecule has 0 aliphatic rings. The van der Waals surface area contributed by atoms with Crippen LogP contribution in [0, 0.1) is 0 Å². The highest BCUT2D eigenvalue weighted by molar-refractivity contribution is 5.25. The molecule has 1 rings (SSSR count). The van der Waals surface area contributed by atoms with Gasteiger partial charge in [-0.15, -0.1) is 0 Å². The topological polar surface area (TPSA) is 66.5 Å². The van der Waals surface area contributed by atoms with E-state index in [0.717, 1.165) is 17.5 Å². The number of aliphatic hydroxyl groups is 2. The fraction of sp³-hybridized carbons (Fsp3) is 0.571. The summed E-state index contributed by atoms with van der Waals surface area (Å²) in [5, 5.41) is 19.5. The molecule has 1 atom stereocenters. The largest absolute Gasteiger partial charge is 0.390 e. The average molecular weight is 237 g/mol. The van der Waals surface area contributed by atoms with Gasteiger partial charge in [0.2, 0.25) is 0 Å². The Kier molecular flexibility index (Phi) is 5.12. The maximum absolute atomic E-state index is 9.84. The first-order valence-electron chi connectivity index (χ1n) is 6.12. The summed E-state index contributed by atoms with van der Waals surface area (Å²) < 4.78 is 0. The molecule has 3 nitrogen and oxygen atoms in total. The Morgan fingerprint density at radius 2 is 2.06 bits per heavy atom. The van der Waals surface area contributed by atoms with Gasteiger partial charge in [-0.05, 0) is 50.8 Å². The Labute approximate surface area is 103 Å². The summed E-state index contributed by atoms with van der Waals surface area (Å²) in [7, 11) is 0. The summed E-state index contributed by atoms with van der Waals surface area (Å²) in [6.07, 6.45) is 1.62. The van der Waals surface area contributed by atoms with Gasteiger partial charge in [0.1, 0.15) is 0 Å². The SMILES string of the molecule is CC(C)(O)CCc1cccc(C(O)CCN)c1. The molecule has 0 saturated heterocycles. The number of rotatable bonds is 6. The van der Waals surface area contributed by atoms with Crippen LogP contribution in [0.4, 0.5) is 0 Å². The smallest absolute Gasteiger partial charge is 0.0802 e. The molecule has 1 aromatic carbocycles. The first-order chi connectivity index (χ1) is 7.92.